The summed E-state index contributed by atoms with van der Waals surface area (Å²) in [6, 6.07) is 3.13. The van der Waals surface area contributed by atoms with Crippen molar-refractivity contribution in [3.8, 4) is 0 Å². The molecule has 3 N–H and O–H groups in total. The van der Waals surface area contributed by atoms with E-state index in [-0.39, 0.29) is 6.54 Å². The van der Waals surface area contributed by atoms with Crippen molar-refractivity contribution in [2.24, 2.45) is 5.73 Å². The molecule has 1 heterocycles. The summed E-state index contributed by atoms with van der Waals surface area (Å²) in [6.45, 7) is 2.43. The lowest BCUT2D eigenvalue weighted by Crippen LogP contribution is -2.31. The van der Waals surface area contributed by atoms with Crippen molar-refractivity contribution in [2.45, 2.75) is 13.3 Å². The van der Waals surface area contributed by atoms with Gasteiger partial charge in [-0.25, -0.2) is 4.98 Å². The summed E-state index contributed by atoms with van der Waals surface area (Å²) >= 11 is 0. The Morgan fingerprint density at radius 1 is 1.47 bits per heavy atom. The number of nitrogens with two attached hydrogens (primary N) is 1. The van der Waals surface area contributed by atoms with Crippen molar-refractivity contribution in [1.29, 1.82) is 0 Å². The highest BCUT2D eigenvalue weighted by atomic mass is 16.4. The number of carboxylic acids is 1. The number of carbonyl (C=O) groups excluding carboxylic acids is 1. The molecular weight excluding hydrogens is 222 g/mol. The van der Waals surface area contributed by atoms with Crippen LogP contribution in [0.4, 0.5) is 5.82 Å². The number of carbonyl (C=O) groups is 2. The minimum Gasteiger partial charge on any atom is -0.480 e. The number of primary amides is 1. The SMILES string of the molecule is CCCN(CC(=O)O)c1ccc(C(N)=O)cn1. The second-order valence-electron chi connectivity index (χ2n) is 3.58. The number of aliphatic carboxylic acids is 1. The van der Waals surface area contributed by atoms with Gasteiger partial charge in [0.2, 0.25) is 5.91 Å². The first-order chi connectivity index (χ1) is 8.04. The summed E-state index contributed by atoms with van der Waals surface area (Å²) in [5, 5.41) is 8.77. The fourth-order valence-corrected chi connectivity index (χ4v) is 1.43. The maximum Gasteiger partial charge on any atom is 0.323 e. The highest BCUT2D eigenvalue weighted by Crippen LogP contribution is 2.11. The second-order valence-corrected chi connectivity index (χ2v) is 3.58. The first kappa shape index (κ1) is 13.0. The van der Waals surface area contributed by atoms with Crippen LogP contribution in [0, 0.1) is 0 Å². The van der Waals surface area contributed by atoms with Crippen molar-refractivity contribution in [1.82, 2.24) is 4.98 Å². The first-order valence-electron chi connectivity index (χ1n) is 5.27. The van der Waals surface area contributed by atoms with E-state index in [1.165, 1.54) is 12.3 Å². The molecule has 0 atom stereocenters. The Hall–Kier alpha value is -2.11. The molecule has 0 aliphatic rings. The Balaban J connectivity index is 2.86. The van der Waals surface area contributed by atoms with E-state index in [1.807, 2.05) is 6.92 Å². The van der Waals surface area contributed by atoms with Gasteiger partial charge in [0.15, 0.2) is 0 Å². The lowest BCUT2D eigenvalue weighted by molar-refractivity contribution is -0.135. The van der Waals surface area contributed by atoms with Crippen LogP contribution in [0.3, 0.4) is 0 Å². The molecule has 1 rings (SSSR count). The zero-order valence-corrected chi connectivity index (χ0v) is 9.59. The first-order valence-corrected chi connectivity index (χ1v) is 5.27. The van der Waals surface area contributed by atoms with Crippen molar-refractivity contribution in [3.63, 3.8) is 0 Å². The number of pyridine rings is 1. The lowest BCUT2D eigenvalue weighted by atomic mass is 10.2. The zero-order chi connectivity index (χ0) is 12.8. The Morgan fingerprint density at radius 2 is 2.18 bits per heavy atom. The predicted molar refractivity (Wildman–Crippen MR) is 62.9 cm³/mol. The van der Waals surface area contributed by atoms with Crippen molar-refractivity contribution in [3.05, 3.63) is 23.9 Å². The summed E-state index contributed by atoms with van der Waals surface area (Å²) in [4.78, 5) is 27.2. The van der Waals surface area contributed by atoms with Crippen LogP contribution < -0.4 is 10.6 Å². The van der Waals surface area contributed by atoms with E-state index >= 15 is 0 Å². The quantitative estimate of drug-likeness (QED) is 0.750. The molecule has 0 radical (unpaired) electrons. The standard InChI is InChI=1S/C11H15N3O3/c1-2-5-14(7-10(15)16)9-4-3-8(6-13-9)11(12)17/h3-4,6H,2,5,7H2,1H3,(H2,12,17)(H,15,16). The molecule has 0 bridgehead atoms. The van der Waals surface area contributed by atoms with Crippen LogP contribution in [0.15, 0.2) is 18.3 Å². The second kappa shape index (κ2) is 5.83. The maximum atomic E-state index is 10.9. The molecule has 17 heavy (non-hydrogen) atoms. The van der Waals surface area contributed by atoms with E-state index in [0.29, 0.717) is 17.9 Å². The molecule has 1 aromatic rings. The summed E-state index contributed by atoms with van der Waals surface area (Å²) in [5.41, 5.74) is 5.40. The van der Waals surface area contributed by atoms with Gasteiger partial charge in [-0.3, -0.25) is 9.59 Å². The third-order valence-electron chi connectivity index (χ3n) is 2.18. The zero-order valence-electron chi connectivity index (χ0n) is 9.59. The summed E-state index contributed by atoms with van der Waals surface area (Å²) in [6.07, 6.45) is 2.16. The number of hydrogen-bond donors (Lipinski definition) is 2. The topological polar surface area (TPSA) is 96.5 Å². The summed E-state index contributed by atoms with van der Waals surface area (Å²) < 4.78 is 0. The molecular formula is C11H15N3O3. The van der Waals surface area contributed by atoms with E-state index in [2.05, 4.69) is 4.98 Å². The van der Waals surface area contributed by atoms with Crippen molar-refractivity contribution >= 4 is 17.7 Å². The Labute approximate surface area is 99.1 Å². The third-order valence-corrected chi connectivity index (χ3v) is 2.18. The Kier molecular flexibility index (Phi) is 4.45. The van der Waals surface area contributed by atoms with E-state index in [0.717, 1.165) is 6.42 Å². The van der Waals surface area contributed by atoms with E-state index in [1.54, 1.807) is 11.0 Å². The van der Waals surface area contributed by atoms with E-state index in [4.69, 9.17) is 10.8 Å². The number of carboxylic acid groups (broad SMARTS) is 1. The summed E-state index contributed by atoms with van der Waals surface area (Å²) in [7, 11) is 0. The van der Waals surface area contributed by atoms with Gasteiger partial charge in [0, 0.05) is 12.7 Å². The number of anilines is 1. The van der Waals surface area contributed by atoms with Gasteiger partial charge in [-0.2, -0.15) is 0 Å². The molecule has 0 saturated heterocycles. The molecule has 0 aliphatic heterocycles. The largest absolute Gasteiger partial charge is 0.480 e. The molecule has 0 saturated carbocycles. The molecule has 1 amide bonds. The minimum atomic E-state index is -0.917. The van der Waals surface area contributed by atoms with Crippen LogP contribution in [-0.2, 0) is 4.79 Å². The molecule has 6 heteroatoms. The summed E-state index contributed by atoms with van der Waals surface area (Å²) in [5.74, 6) is -0.942. The van der Waals surface area contributed by atoms with Gasteiger partial charge < -0.3 is 15.7 Å². The lowest BCUT2D eigenvalue weighted by Gasteiger charge is -2.20. The monoisotopic (exact) mass is 237 g/mol. The molecule has 0 aliphatic carbocycles. The fraction of sp³-hybridized carbons (Fsp3) is 0.364. The van der Waals surface area contributed by atoms with Crippen LogP contribution in [0.1, 0.15) is 23.7 Å². The maximum absolute atomic E-state index is 10.9. The van der Waals surface area contributed by atoms with Crippen LogP contribution in [0.25, 0.3) is 0 Å². The van der Waals surface area contributed by atoms with Gasteiger partial charge in [-0.05, 0) is 18.6 Å². The number of hydrogen-bond acceptors (Lipinski definition) is 4. The normalized spacial score (nSPS) is 9.94. The third kappa shape index (κ3) is 3.75. The van der Waals surface area contributed by atoms with Crippen LogP contribution in [-0.4, -0.2) is 35.1 Å². The number of amides is 1. The molecule has 1 aromatic heterocycles. The molecule has 0 unspecified atom stereocenters. The Bertz CT molecular complexity index is 403. The fourth-order valence-electron chi connectivity index (χ4n) is 1.43. The number of aromatic nitrogens is 1. The van der Waals surface area contributed by atoms with Gasteiger partial charge in [0.05, 0.1) is 5.56 Å². The smallest absolute Gasteiger partial charge is 0.323 e. The van der Waals surface area contributed by atoms with Gasteiger partial charge in [-0.1, -0.05) is 6.92 Å². The van der Waals surface area contributed by atoms with Crippen LogP contribution >= 0.6 is 0 Å². The molecule has 0 spiro atoms. The highest BCUT2D eigenvalue weighted by Gasteiger charge is 2.11. The number of rotatable bonds is 6. The van der Waals surface area contributed by atoms with Gasteiger partial charge >= 0.3 is 5.97 Å². The van der Waals surface area contributed by atoms with Crippen molar-refractivity contribution < 1.29 is 14.7 Å². The highest BCUT2D eigenvalue weighted by molar-refractivity contribution is 5.92. The van der Waals surface area contributed by atoms with Gasteiger partial charge in [0.1, 0.15) is 12.4 Å². The minimum absolute atomic E-state index is 0.114. The van der Waals surface area contributed by atoms with Gasteiger partial charge in [-0.15, -0.1) is 0 Å². The average molecular weight is 237 g/mol. The van der Waals surface area contributed by atoms with Crippen LogP contribution in [0.2, 0.25) is 0 Å². The van der Waals surface area contributed by atoms with E-state index in [9.17, 15) is 9.59 Å². The molecule has 92 valence electrons. The number of nitrogens with zero attached hydrogens (tertiary/aromatic N) is 2. The van der Waals surface area contributed by atoms with Gasteiger partial charge in [0.25, 0.3) is 0 Å². The Morgan fingerprint density at radius 3 is 2.59 bits per heavy atom. The van der Waals surface area contributed by atoms with E-state index < -0.39 is 11.9 Å². The van der Waals surface area contributed by atoms with Crippen LogP contribution in [0.5, 0.6) is 0 Å². The average Bonchev–Trinajstić information content (AvgIpc) is 2.28. The molecule has 0 aromatic carbocycles. The molecule has 0 fully saturated rings. The molecule has 6 nitrogen and oxygen atoms in total. The predicted octanol–water partition coefficient (Wildman–Crippen LogP) is 0.481. The van der Waals surface area contributed by atoms with Crippen molar-refractivity contribution in [2.75, 3.05) is 18.0 Å².